The van der Waals surface area contributed by atoms with Gasteiger partial charge in [0.05, 0.1) is 17.9 Å². The fourth-order valence-electron chi connectivity index (χ4n) is 2.38. The van der Waals surface area contributed by atoms with Gasteiger partial charge in [-0.05, 0) is 36.4 Å². The van der Waals surface area contributed by atoms with E-state index >= 15 is 0 Å². The van der Waals surface area contributed by atoms with Crippen LogP contribution >= 0.6 is 23.4 Å². The number of halogens is 2. The van der Waals surface area contributed by atoms with Crippen molar-refractivity contribution in [2.75, 3.05) is 11.1 Å². The fourth-order valence-corrected chi connectivity index (χ4v) is 3.24. The number of nitrogens with one attached hydrogen (secondary N) is 2. The molecule has 0 aliphatic rings. The maximum Gasteiger partial charge on any atom is 0.254 e. The highest BCUT2D eigenvalue weighted by atomic mass is 35.5. The van der Waals surface area contributed by atoms with E-state index in [-0.39, 0.29) is 23.8 Å². The standard InChI is InChI=1S/C19H17ClFN5O2S/c1-26-16(10-22-18(28)14-4-2-3-5-15(14)21)24-25-19(26)29-11-17(27)23-13-8-6-12(20)7-9-13/h2-9H,10-11H2,1H3,(H,22,28)(H,23,27). The molecule has 2 N–H and O–H groups in total. The van der Waals surface area contributed by atoms with Crippen molar-refractivity contribution in [1.29, 1.82) is 0 Å². The monoisotopic (exact) mass is 433 g/mol. The molecule has 0 bridgehead atoms. The molecule has 0 atom stereocenters. The molecule has 0 saturated carbocycles. The SMILES string of the molecule is Cn1c(CNC(=O)c2ccccc2F)nnc1SCC(=O)Nc1ccc(Cl)cc1. The summed E-state index contributed by atoms with van der Waals surface area (Å²) in [6.45, 7) is 0.0776. The Morgan fingerprint density at radius 2 is 1.86 bits per heavy atom. The maximum absolute atomic E-state index is 13.7. The molecule has 10 heteroatoms. The van der Waals surface area contributed by atoms with Crippen molar-refractivity contribution in [3.8, 4) is 0 Å². The number of carbonyl (C=O) groups excluding carboxylic acids is 2. The minimum atomic E-state index is -0.592. The van der Waals surface area contributed by atoms with Gasteiger partial charge in [-0.1, -0.05) is 35.5 Å². The van der Waals surface area contributed by atoms with Crippen molar-refractivity contribution in [2.45, 2.75) is 11.7 Å². The van der Waals surface area contributed by atoms with Crippen LogP contribution in [0, 0.1) is 5.82 Å². The van der Waals surface area contributed by atoms with Gasteiger partial charge in [0.15, 0.2) is 11.0 Å². The summed E-state index contributed by atoms with van der Waals surface area (Å²) in [5.74, 6) is -0.713. The number of carbonyl (C=O) groups is 2. The third-order valence-corrected chi connectivity index (χ3v) is 5.18. The van der Waals surface area contributed by atoms with Gasteiger partial charge in [0.25, 0.3) is 5.91 Å². The van der Waals surface area contributed by atoms with Gasteiger partial charge in [0.1, 0.15) is 5.82 Å². The average Bonchev–Trinajstić information content (AvgIpc) is 3.06. The highest BCUT2D eigenvalue weighted by molar-refractivity contribution is 7.99. The van der Waals surface area contributed by atoms with E-state index in [9.17, 15) is 14.0 Å². The van der Waals surface area contributed by atoms with E-state index in [2.05, 4.69) is 20.8 Å². The van der Waals surface area contributed by atoms with Crippen LogP contribution in [0.4, 0.5) is 10.1 Å². The van der Waals surface area contributed by atoms with E-state index < -0.39 is 11.7 Å². The molecule has 0 spiro atoms. The summed E-state index contributed by atoms with van der Waals surface area (Å²) in [6.07, 6.45) is 0. The Kier molecular flexibility index (Phi) is 6.84. The number of hydrogen-bond acceptors (Lipinski definition) is 5. The van der Waals surface area contributed by atoms with Crippen LogP contribution < -0.4 is 10.6 Å². The summed E-state index contributed by atoms with van der Waals surface area (Å²) in [4.78, 5) is 24.2. The van der Waals surface area contributed by atoms with Crippen LogP contribution in [0.2, 0.25) is 5.02 Å². The summed E-state index contributed by atoms with van der Waals surface area (Å²) < 4.78 is 15.3. The predicted octanol–water partition coefficient (Wildman–Crippen LogP) is 3.27. The summed E-state index contributed by atoms with van der Waals surface area (Å²) in [6, 6.07) is 12.5. The molecule has 0 fully saturated rings. The first-order valence-corrected chi connectivity index (χ1v) is 9.89. The lowest BCUT2D eigenvalue weighted by Gasteiger charge is -2.07. The molecule has 0 unspecified atom stereocenters. The Labute approximate surface area is 175 Å². The van der Waals surface area contributed by atoms with E-state index in [4.69, 9.17) is 11.6 Å². The second-order valence-electron chi connectivity index (χ2n) is 5.96. The zero-order valence-corrected chi connectivity index (χ0v) is 16.9. The summed E-state index contributed by atoms with van der Waals surface area (Å²) in [7, 11) is 1.73. The van der Waals surface area contributed by atoms with Crippen LogP contribution in [0.15, 0.2) is 53.7 Å². The molecule has 0 saturated heterocycles. The van der Waals surface area contributed by atoms with Gasteiger partial charge in [-0.25, -0.2) is 4.39 Å². The molecular weight excluding hydrogens is 417 g/mol. The van der Waals surface area contributed by atoms with E-state index in [0.29, 0.717) is 21.7 Å². The van der Waals surface area contributed by atoms with Crippen molar-refractivity contribution in [2.24, 2.45) is 7.05 Å². The molecule has 150 valence electrons. The van der Waals surface area contributed by atoms with Crippen LogP contribution in [0.3, 0.4) is 0 Å². The van der Waals surface area contributed by atoms with Crippen molar-refractivity contribution in [1.82, 2.24) is 20.1 Å². The normalized spacial score (nSPS) is 10.6. The van der Waals surface area contributed by atoms with Crippen LogP contribution in [-0.2, 0) is 18.4 Å². The molecule has 0 radical (unpaired) electrons. The van der Waals surface area contributed by atoms with Gasteiger partial charge in [0, 0.05) is 17.8 Å². The van der Waals surface area contributed by atoms with Crippen LogP contribution in [0.1, 0.15) is 16.2 Å². The summed E-state index contributed by atoms with van der Waals surface area (Å²) >= 11 is 7.03. The van der Waals surface area contributed by atoms with E-state index in [1.807, 2.05) is 0 Å². The Morgan fingerprint density at radius 3 is 2.59 bits per heavy atom. The number of rotatable bonds is 7. The van der Waals surface area contributed by atoms with Crippen molar-refractivity contribution in [3.63, 3.8) is 0 Å². The Hall–Kier alpha value is -2.91. The second kappa shape index (κ2) is 9.53. The molecule has 2 aromatic carbocycles. The van der Waals surface area contributed by atoms with Gasteiger partial charge >= 0.3 is 0 Å². The average molecular weight is 434 g/mol. The first kappa shape index (κ1) is 20.8. The number of hydrogen-bond donors (Lipinski definition) is 2. The molecule has 3 rings (SSSR count). The lowest BCUT2D eigenvalue weighted by molar-refractivity contribution is -0.113. The minimum absolute atomic E-state index is 0.0388. The summed E-state index contributed by atoms with van der Waals surface area (Å²) in [5.41, 5.74) is 0.609. The zero-order valence-electron chi connectivity index (χ0n) is 15.4. The molecular formula is C19H17ClFN5O2S. The number of thioether (sulfide) groups is 1. The zero-order chi connectivity index (χ0) is 20.8. The molecule has 1 aromatic heterocycles. The molecule has 3 aromatic rings. The first-order chi connectivity index (χ1) is 13.9. The third-order valence-electron chi connectivity index (χ3n) is 3.91. The lowest BCUT2D eigenvalue weighted by Crippen LogP contribution is -2.25. The van der Waals surface area contributed by atoms with Gasteiger partial charge in [0.2, 0.25) is 5.91 Å². The van der Waals surface area contributed by atoms with Gasteiger partial charge < -0.3 is 15.2 Å². The Bertz CT molecular complexity index is 1030. The molecule has 29 heavy (non-hydrogen) atoms. The number of benzene rings is 2. The third kappa shape index (κ3) is 5.55. The largest absolute Gasteiger partial charge is 0.345 e. The van der Waals surface area contributed by atoms with Crippen molar-refractivity contribution < 1.29 is 14.0 Å². The van der Waals surface area contributed by atoms with Crippen molar-refractivity contribution in [3.05, 3.63) is 70.8 Å². The highest BCUT2D eigenvalue weighted by Crippen LogP contribution is 2.17. The van der Waals surface area contributed by atoms with Crippen molar-refractivity contribution >= 4 is 40.9 Å². The van der Waals surface area contributed by atoms with Crippen LogP contribution in [-0.4, -0.2) is 32.3 Å². The van der Waals surface area contributed by atoms with E-state index in [1.165, 1.54) is 30.0 Å². The first-order valence-electron chi connectivity index (χ1n) is 8.53. The van der Waals surface area contributed by atoms with E-state index in [0.717, 1.165) is 0 Å². The topological polar surface area (TPSA) is 88.9 Å². The quantitative estimate of drug-likeness (QED) is 0.558. The maximum atomic E-state index is 13.7. The Balaban J connectivity index is 1.52. The number of amides is 2. The van der Waals surface area contributed by atoms with E-state index in [1.54, 1.807) is 41.9 Å². The molecule has 0 aliphatic carbocycles. The van der Waals surface area contributed by atoms with Gasteiger partial charge in [-0.3, -0.25) is 9.59 Å². The van der Waals surface area contributed by atoms with Gasteiger partial charge in [-0.2, -0.15) is 0 Å². The summed E-state index contributed by atoms with van der Waals surface area (Å²) in [5, 5.41) is 14.5. The lowest BCUT2D eigenvalue weighted by atomic mass is 10.2. The predicted molar refractivity (Wildman–Crippen MR) is 109 cm³/mol. The molecule has 0 aliphatic heterocycles. The molecule has 2 amide bonds. The number of nitrogens with zero attached hydrogens (tertiary/aromatic N) is 3. The van der Waals surface area contributed by atoms with Gasteiger partial charge in [-0.15, -0.1) is 10.2 Å². The Morgan fingerprint density at radius 1 is 1.14 bits per heavy atom. The highest BCUT2D eigenvalue weighted by Gasteiger charge is 2.14. The van der Waals surface area contributed by atoms with Crippen LogP contribution in [0.5, 0.6) is 0 Å². The fraction of sp³-hybridized carbons (Fsp3) is 0.158. The van der Waals surface area contributed by atoms with Crippen LogP contribution in [0.25, 0.3) is 0 Å². The molecule has 7 nitrogen and oxygen atoms in total. The number of anilines is 1. The second-order valence-corrected chi connectivity index (χ2v) is 7.34. The minimum Gasteiger partial charge on any atom is -0.345 e. The number of aromatic nitrogens is 3. The molecule has 1 heterocycles. The smallest absolute Gasteiger partial charge is 0.254 e.